The summed E-state index contributed by atoms with van der Waals surface area (Å²) in [4.78, 5) is 22.7. The van der Waals surface area contributed by atoms with Gasteiger partial charge in [0.25, 0.3) is 5.92 Å². The van der Waals surface area contributed by atoms with E-state index in [1.54, 1.807) is 17.8 Å². The van der Waals surface area contributed by atoms with Crippen LogP contribution >= 0.6 is 40.2 Å². The highest BCUT2D eigenvalue weighted by atomic mass is 127. The molecule has 2 aromatic heterocycles. The lowest BCUT2D eigenvalue weighted by molar-refractivity contribution is -0.119. The molecule has 3 aromatic rings. The first-order valence-electron chi connectivity index (χ1n) is 10.7. The molecule has 0 radical (unpaired) electrons. The van der Waals surface area contributed by atoms with Gasteiger partial charge >= 0.3 is 0 Å². The number of halogens is 3. The van der Waals surface area contributed by atoms with Crippen molar-refractivity contribution in [3.05, 3.63) is 35.7 Å². The summed E-state index contributed by atoms with van der Waals surface area (Å²) in [5, 5.41) is 6.06. The van der Waals surface area contributed by atoms with Crippen molar-refractivity contribution >= 4 is 74.4 Å². The summed E-state index contributed by atoms with van der Waals surface area (Å²) in [5.74, 6) is -3.23. The van der Waals surface area contributed by atoms with E-state index in [1.165, 1.54) is 24.8 Å². The summed E-state index contributed by atoms with van der Waals surface area (Å²) in [6, 6.07) is 8.16. The second-order valence-electron chi connectivity index (χ2n) is 8.53. The third-order valence-corrected chi connectivity index (χ3v) is 9.26. The first-order chi connectivity index (χ1) is 15.8. The summed E-state index contributed by atoms with van der Waals surface area (Å²) in [6.45, 7) is 1.90. The van der Waals surface area contributed by atoms with E-state index in [-0.39, 0.29) is 5.82 Å². The number of carbonyl (C=O) groups is 1. The molecular formula is C22H23F2IN5OPS. The molecule has 2 saturated carbocycles. The van der Waals surface area contributed by atoms with Crippen LogP contribution in [0, 0.1) is 12.8 Å². The molecule has 1 aromatic carbocycles. The van der Waals surface area contributed by atoms with E-state index in [9.17, 15) is 13.6 Å². The summed E-state index contributed by atoms with van der Waals surface area (Å²) in [7, 11) is 0. The van der Waals surface area contributed by atoms with E-state index in [2.05, 4.69) is 55.9 Å². The van der Waals surface area contributed by atoms with E-state index >= 15 is 0 Å². The van der Waals surface area contributed by atoms with Gasteiger partial charge in [0.2, 0.25) is 5.91 Å². The Balaban J connectivity index is 1.52. The lowest BCUT2D eigenvalue weighted by Gasteiger charge is -2.26. The van der Waals surface area contributed by atoms with Crippen LogP contribution in [0.1, 0.15) is 43.0 Å². The van der Waals surface area contributed by atoms with Crippen molar-refractivity contribution in [1.82, 2.24) is 14.3 Å². The molecule has 174 valence electrons. The van der Waals surface area contributed by atoms with Gasteiger partial charge in [-0.25, -0.2) is 18.7 Å². The number of amides is 1. The molecule has 2 atom stereocenters. The topological polar surface area (TPSA) is 71.8 Å². The number of thioether (sulfide) groups is 1. The maximum atomic E-state index is 13.4. The number of carbonyl (C=O) groups excluding carboxylic acids is 1. The van der Waals surface area contributed by atoms with Crippen LogP contribution in [0.4, 0.5) is 26.0 Å². The number of hydrogen-bond acceptors (Lipinski definition) is 5. The van der Waals surface area contributed by atoms with Gasteiger partial charge in [0, 0.05) is 17.4 Å². The fraction of sp³-hybridized carbons (Fsp3) is 0.409. The van der Waals surface area contributed by atoms with E-state index in [4.69, 9.17) is 4.98 Å². The van der Waals surface area contributed by atoms with Gasteiger partial charge in [-0.3, -0.25) is 9.13 Å². The number of imidazole rings is 1. The molecule has 2 heterocycles. The van der Waals surface area contributed by atoms with E-state index in [0.717, 1.165) is 16.4 Å². The van der Waals surface area contributed by atoms with Gasteiger partial charge in [-0.1, -0.05) is 12.5 Å². The van der Waals surface area contributed by atoms with Crippen LogP contribution in [0.25, 0.3) is 11.2 Å². The Kier molecular flexibility index (Phi) is 6.28. The number of pyridine rings is 1. The predicted molar refractivity (Wildman–Crippen MR) is 140 cm³/mol. The van der Waals surface area contributed by atoms with Crippen LogP contribution < -0.4 is 10.6 Å². The van der Waals surface area contributed by atoms with E-state index in [0.29, 0.717) is 29.1 Å². The average molecular weight is 601 g/mol. The highest BCUT2D eigenvalue weighted by Crippen LogP contribution is 2.49. The molecule has 2 fully saturated rings. The Morgan fingerprint density at radius 2 is 2.03 bits per heavy atom. The lowest BCUT2D eigenvalue weighted by Crippen LogP contribution is -2.18. The van der Waals surface area contributed by atoms with Gasteiger partial charge in [-0.15, -0.1) is 11.8 Å². The molecule has 2 aliphatic rings. The molecule has 0 aliphatic heterocycles. The van der Waals surface area contributed by atoms with Crippen LogP contribution in [-0.2, 0) is 4.79 Å². The SMILES string of the molecule is CSc1cc(C2CCC2)ccc1Nc1cc(NC(=O)C2CC2(F)F)nc2c1nc(C)n2PI. The van der Waals surface area contributed by atoms with Gasteiger partial charge in [0.15, 0.2) is 5.65 Å². The number of rotatable bonds is 7. The third kappa shape index (κ3) is 4.46. The number of anilines is 3. The van der Waals surface area contributed by atoms with E-state index < -0.39 is 24.2 Å². The van der Waals surface area contributed by atoms with Crippen LogP contribution in [0.5, 0.6) is 0 Å². The number of fused-ring (bicyclic) bond motifs is 1. The van der Waals surface area contributed by atoms with Crippen molar-refractivity contribution in [2.24, 2.45) is 5.92 Å². The normalized spacial score (nSPS) is 19.7. The number of aromatic nitrogens is 3. The molecule has 0 spiro atoms. The smallest absolute Gasteiger partial charge is 0.260 e. The van der Waals surface area contributed by atoms with Gasteiger partial charge < -0.3 is 10.6 Å². The molecule has 2 unspecified atom stereocenters. The van der Waals surface area contributed by atoms with Gasteiger partial charge in [0.1, 0.15) is 23.1 Å². The lowest BCUT2D eigenvalue weighted by atomic mass is 9.80. The van der Waals surface area contributed by atoms with E-state index in [1.807, 2.05) is 17.5 Å². The molecule has 2 N–H and O–H groups in total. The zero-order valence-electron chi connectivity index (χ0n) is 18.1. The van der Waals surface area contributed by atoms with Gasteiger partial charge in [-0.05, 0) is 71.7 Å². The fourth-order valence-corrected chi connectivity index (χ4v) is 6.81. The summed E-state index contributed by atoms with van der Waals surface area (Å²) >= 11 is 3.92. The minimum absolute atomic E-state index is 0.241. The standard InChI is InChI=1S/C22H23F2IN5OPS/c1-11-26-19-16(27-15-7-6-13(8-17(15)33-2)12-4-3-5-12)9-18(28-20(19)30(11)32-25)29-21(31)14-10-22(14,23)24/h6-9,12,14,32H,3-5,10H2,1-2H3,(H2,27,28,29,31). The third-order valence-electron chi connectivity index (χ3n) is 6.33. The zero-order valence-corrected chi connectivity index (χ0v) is 22.1. The second kappa shape index (κ2) is 8.92. The van der Waals surface area contributed by atoms with Crippen LogP contribution in [-0.4, -0.2) is 32.4 Å². The molecule has 11 heteroatoms. The van der Waals surface area contributed by atoms with Crippen molar-refractivity contribution in [2.45, 2.75) is 49.3 Å². The maximum absolute atomic E-state index is 13.4. The monoisotopic (exact) mass is 601 g/mol. The number of nitrogens with one attached hydrogen (secondary N) is 2. The Hall–Kier alpha value is -1.52. The number of aryl methyl sites for hydroxylation is 1. The summed E-state index contributed by atoms with van der Waals surface area (Å²) in [5.41, 5.74) is 4.27. The summed E-state index contributed by atoms with van der Waals surface area (Å²) in [6.07, 6.45) is 5.75. The Morgan fingerprint density at radius 1 is 1.27 bits per heavy atom. The fourth-order valence-electron chi connectivity index (χ4n) is 4.08. The van der Waals surface area contributed by atoms with Crippen LogP contribution in [0.2, 0.25) is 0 Å². The Labute approximate surface area is 209 Å². The molecule has 2 aliphatic carbocycles. The molecular weight excluding hydrogens is 578 g/mol. The van der Waals surface area contributed by atoms with Crippen molar-refractivity contribution in [3.8, 4) is 0 Å². The predicted octanol–water partition coefficient (Wildman–Crippen LogP) is 6.86. The molecule has 0 bridgehead atoms. The second-order valence-corrected chi connectivity index (χ2v) is 11.4. The Bertz CT molecular complexity index is 1250. The number of alkyl halides is 2. The largest absolute Gasteiger partial charge is 0.353 e. The van der Waals surface area contributed by atoms with Crippen molar-refractivity contribution < 1.29 is 13.6 Å². The first-order valence-corrected chi connectivity index (χ1v) is 16.0. The molecule has 1 amide bonds. The quantitative estimate of drug-likeness (QED) is 0.176. The van der Waals surface area contributed by atoms with Crippen molar-refractivity contribution in [3.63, 3.8) is 0 Å². The van der Waals surface area contributed by atoms with Crippen LogP contribution in [0.3, 0.4) is 0 Å². The number of nitrogens with zero attached hydrogens (tertiary/aromatic N) is 3. The van der Waals surface area contributed by atoms with Crippen LogP contribution in [0.15, 0.2) is 29.2 Å². The molecule has 6 nitrogen and oxygen atoms in total. The highest BCUT2D eigenvalue weighted by Gasteiger charge is 2.61. The Morgan fingerprint density at radius 3 is 2.64 bits per heavy atom. The minimum Gasteiger partial charge on any atom is -0.353 e. The number of hydrogen-bond donors (Lipinski definition) is 2. The summed E-state index contributed by atoms with van der Waals surface area (Å²) < 4.78 is 28.7. The first kappa shape index (κ1) is 23.2. The van der Waals surface area contributed by atoms with Crippen molar-refractivity contribution in [1.29, 1.82) is 0 Å². The minimum atomic E-state index is -2.92. The van der Waals surface area contributed by atoms with Gasteiger partial charge in [-0.2, -0.15) is 0 Å². The molecule has 33 heavy (non-hydrogen) atoms. The average Bonchev–Trinajstić information content (AvgIpc) is 3.26. The zero-order chi connectivity index (χ0) is 23.3. The molecule has 5 rings (SSSR count). The highest BCUT2D eigenvalue weighted by molar-refractivity contribution is 14.2. The maximum Gasteiger partial charge on any atom is 0.260 e. The number of benzene rings is 1. The van der Waals surface area contributed by atoms with Gasteiger partial charge in [0.05, 0.1) is 17.7 Å². The van der Waals surface area contributed by atoms with Crippen molar-refractivity contribution in [2.75, 3.05) is 16.9 Å². The molecule has 0 saturated heterocycles.